The Balaban J connectivity index is 3.40. The van der Waals surface area contributed by atoms with Crippen molar-refractivity contribution in [3.63, 3.8) is 0 Å². The Morgan fingerprint density at radius 1 is 1.27 bits per heavy atom. The molecule has 0 aliphatic heterocycles. The number of halogens is 4. The minimum Gasteiger partial charge on any atom is -0.382 e. The predicted octanol–water partition coefficient (Wildman–Crippen LogP) is 1.42. The normalized spacial score (nSPS) is 12.9. The smallest absolute Gasteiger partial charge is 0.382 e. The van der Waals surface area contributed by atoms with Crippen LogP contribution in [-0.2, 0) is 6.18 Å². The maximum atomic E-state index is 12.6. The van der Waals surface area contributed by atoms with E-state index in [0.717, 1.165) is 12.1 Å². The van der Waals surface area contributed by atoms with E-state index in [-0.39, 0.29) is 0 Å². The summed E-state index contributed by atoms with van der Waals surface area (Å²) in [5, 5.41) is 2.93. The average molecular weight is 221 g/mol. The summed E-state index contributed by atoms with van der Waals surface area (Å²) in [6.07, 6.45) is -4.70. The van der Waals surface area contributed by atoms with Gasteiger partial charge in [-0.15, -0.1) is 0 Å². The van der Waals surface area contributed by atoms with E-state index in [1.54, 1.807) is 0 Å². The van der Waals surface area contributed by atoms with Gasteiger partial charge in [0, 0.05) is 5.56 Å². The van der Waals surface area contributed by atoms with Gasteiger partial charge < -0.3 is 11.6 Å². The maximum absolute atomic E-state index is 12.6. The molecule has 1 aromatic rings. The van der Waals surface area contributed by atoms with Crippen LogP contribution in [0.15, 0.2) is 23.3 Å². The van der Waals surface area contributed by atoms with Crippen molar-refractivity contribution < 1.29 is 17.6 Å². The molecule has 0 heterocycles. The van der Waals surface area contributed by atoms with Crippen LogP contribution in [0.3, 0.4) is 0 Å². The molecule has 7 heteroatoms. The summed E-state index contributed by atoms with van der Waals surface area (Å²) >= 11 is 0. The lowest BCUT2D eigenvalue weighted by atomic mass is 10.1. The lowest BCUT2D eigenvalue weighted by molar-refractivity contribution is -0.137. The summed E-state index contributed by atoms with van der Waals surface area (Å²) in [5.74, 6) is 3.25. The molecule has 0 atom stereocenters. The first kappa shape index (κ1) is 11.3. The summed E-state index contributed by atoms with van der Waals surface area (Å²) in [6.45, 7) is 0. The van der Waals surface area contributed by atoms with Crippen LogP contribution < -0.4 is 11.6 Å². The van der Waals surface area contributed by atoms with Gasteiger partial charge in [0.25, 0.3) is 0 Å². The molecule has 82 valence electrons. The molecule has 0 amide bonds. The van der Waals surface area contributed by atoms with E-state index in [2.05, 4.69) is 5.10 Å². The van der Waals surface area contributed by atoms with E-state index in [0.29, 0.717) is 6.07 Å². The number of nitrogens with zero attached hydrogens (tertiary/aromatic N) is 1. The van der Waals surface area contributed by atoms with E-state index in [1.165, 1.54) is 0 Å². The Bertz CT molecular complexity index is 397. The van der Waals surface area contributed by atoms with Crippen molar-refractivity contribution in [1.29, 1.82) is 0 Å². The number of hydrazone groups is 1. The molecule has 4 N–H and O–H groups in total. The van der Waals surface area contributed by atoms with Gasteiger partial charge in [0.2, 0.25) is 0 Å². The fraction of sp³-hybridized carbons (Fsp3) is 0.125. The highest BCUT2D eigenvalue weighted by Crippen LogP contribution is 2.32. The van der Waals surface area contributed by atoms with E-state index in [9.17, 15) is 17.6 Å². The van der Waals surface area contributed by atoms with Crippen molar-refractivity contribution in [3.05, 3.63) is 35.1 Å². The van der Waals surface area contributed by atoms with Gasteiger partial charge in [-0.25, -0.2) is 4.39 Å². The summed E-state index contributed by atoms with van der Waals surface area (Å²) in [4.78, 5) is 0. The second-order valence-corrected chi connectivity index (χ2v) is 2.70. The molecule has 15 heavy (non-hydrogen) atoms. The van der Waals surface area contributed by atoms with Crippen LogP contribution in [0.25, 0.3) is 0 Å². The molecular weight excluding hydrogens is 214 g/mol. The third kappa shape index (κ3) is 2.36. The average Bonchev–Trinajstić information content (AvgIpc) is 2.15. The van der Waals surface area contributed by atoms with Crippen LogP contribution in [0.1, 0.15) is 11.1 Å². The first-order valence-corrected chi connectivity index (χ1v) is 3.76. The summed E-state index contributed by atoms with van der Waals surface area (Å²) < 4.78 is 49.9. The molecule has 0 bridgehead atoms. The Morgan fingerprint density at radius 3 is 2.33 bits per heavy atom. The Kier molecular flexibility index (Phi) is 2.83. The van der Waals surface area contributed by atoms with Gasteiger partial charge in [-0.05, 0) is 18.2 Å². The number of alkyl halides is 3. The van der Waals surface area contributed by atoms with E-state index < -0.39 is 29.0 Å². The minimum absolute atomic E-state index is 0.341. The molecule has 0 spiro atoms. The molecule has 1 rings (SSSR count). The Hall–Kier alpha value is -1.79. The van der Waals surface area contributed by atoms with Crippen molar-refractivity contribution in [2.24, 2.45) is 16.7 Å². The van der Waals surface area contributed by atoms with Crippen LogP contribution in [0.5, 0.6) is 0 Å². The number of hydrogen-bond acceptors (Lipinski definition) is 2. The molecule has 0 saturated carbocycles. The van der Waals surface area contributed by atoms with Crippen LogP contribution >= 0.6 is 0 Å². The van der Waals surface area contributed by atoms with E-state index >= 15 is 0 Å². The van der Waals surface area contributed by atoms with Gasteiger partial charge in [-0.3, -0.25) is 0 Å². The molecular formula is C8H7F4N3. The Morgan fingerprint density at radius 2 is 1.87 bits per heavy atom. The van der Waals surface area contributed by atoms with Crippen molar-refractivity contribution in [2.45, 2.75) is 6.18 Å². The van der Waals surface area contributed by atoms with Crippen molar-refractivity contribution in [2.75, 3.05) is 0 Å². The zero-order chi connectivity index (χ0) is 11.6. The molecule has 0 unspecified atom stereocenters. The molecule has 0 saturated heterocycles. The molecule has 3 nitrogen and oxygen atoms in total. The SMILES string of the molecule is N/N=C(/N)c1ccc(F)cc1C(F)(F)F. The van der Waals surface area contributed by atoms with Gasteiger partial charge in [0.1, 0.15) is 5.82 Å². The summed E-state index contributed by atoms with van der Waals surface area (Å²) in [7, 11) is 0. The van der Waals surface area contributed by atoms with Crippen LogP contribution in [0, 0.1) is 5.82 Å². The van der Waals surface area contributed by atoms with Gasteiger partial charge in [-0.2, -0.15) is 18.3 Å². The van der Waals surface area contributed by atoms with Crippen molar-refractivity contribution >= 4 is 5.84 Å². The molecule has 0 aromatic heterocycles. The van der Waals surface area contributed by atoms with Crippen LogP contribution in [0.2, 0.25) is 0 Å². The standard InChI is InChI=1S/C8H7F4N3/c9-4-1-2-5(7(13)15-14)6(3-4)8(10,11)12/h1-3H,14H2,(H2,13,15). The predicted molar refractivity (Wildman–Crippen MR) is 46.3 cm³/mol. The monoisotopic (exact) mass is 221 g/mol. The van der Waals surface area contributed by atoms with Crippen molar-refractivity contribution in [1.82, 2.24) is 0 Å². The number of rotatable bonds is 1. The Labute approximate surface area is 82.4 Å². The number of nitrogens with two attached hydrogens (primary N) is 2. The van der Waals surface area contributed by atoms with Crippen molar-refractivity contribution in [3.8, 4) is 0 Å². The topological polar surface area (TPSA) is 64.4 Å². The second-order valence-electron chi connectivity index (χ2n) is 2.70. The molecule has 1 aromatic carbocycles. The first-order valence-electron chi connectivity index (χ1n) is 3.76. The maximum Gasteiger partial charge on any atom is 0.417 e. The minimum atomic E-state index is -4.70. The van der Waals surface area contributed by atoms with E-state index in [4.69, 9.17) is 11.6 Å². The molecule has 0 aliphatic rings. The summed E-state index contributed by atoms with van der Waals surface area (Å²) in [6, 6.07) is 2.07. The quantitative estimate of drug-likeness (QED) is 0.247. The molecule has 0 radical (unpaired) electrons. The largest absolute Gasteiger partial charge is 0.417 e. The third-order valence-electron chi connectivity index (χ3n) is 1.70. The fourth-order valence-corrected chi connectivity index (χ4v) is 1.04. The lowest BCUT2D eigenvalue weighted by Crippen LogP contribution is -2.21. The van der Waals surface area contributed by atoms with Gasteiger partial charge >= 0.3 is 6.18 Å². The molecule has 0 fully saturated rings. The molecule has 0 aliphatic carbocycles. The highest BCUT2D eigenvalue weighted by Gasteiger charge is 2.34. The number of hydrogen-bond donors (Lipinski definition) is 2. The third-order valence-corrected chi connectivity index (χ3v) is 1.70. The second kappa shape index (κ2) is 3.76. The van der Waals surface area contributed by atoms with Crippen LogP contribution in [0.4, 0.5) is 17.6 Å². The van der Waals surface area contributed by atoms with Gasteiger partial charge in [0.05, 0.1) is 5.56 Å². The highest BCUT2D eigenvalue weighted by atomic mass is 19.4. The van der Waals surface area contributed by atoms with Gasteiger partial charge in [-0.1, -0.05) is 0 Å². The zero-order valence-electron chi connectivity index (χ0n) is 7.35. The summed E-state index contributed by atoms with van der Waals surface area (Å²) in [5.41, 5.74) is 3.51. The van der Waals surface area contributed by atoms with Gasteiger partial charge in [0.15, 0.2) is 5.84 Å². The highest BCUT2D eigenvalue weighted by molar-refractivity contribution is 5.98. The van der Waals surface area contributed by atoms with Crippen LogP contribution in [-0.4, -0.2) is 5.84 Å². The fourth-order valence-electron chi connectivity index (χ4n) is 1.04. The number of amidine groups is 1. The van der Waals surface area contributed by atoms with E-state index in [1.807, 2.05) is 0 Å². The zero-order valence-corrected chi connectivity index (χ0v) is 7.35. The lowest BCUT2D eigenvalue weighted by Gasteiger charge is -2.11. The number of benzene rings is 1. The first-order chi connectivity index (χ1) is 6.86.